The Morgan fingerprint density at radius 2 is 1.22 bits per heavy atom. The zero-order valence-corrected chi connectivity index (χ0v) is 30.9. The van der Waals surface area contributed by atoms with Crippen LogP contribution in [0.3, 0.4) is 0 Å². The summed E-state index contributed by atoms with van der Waals surface area (Å²) in [6.45, 7) is 7.57. The Labute approximate surface area is 305 Å². The zero-order chi connectivity index (χ0) is 35.4. The Bertz CT molecular complexity index is 1400. The highest BCUT2D eigenvalue weighted by Crippen LogP contribution is 2.47. The molecule has 1 N–H and O–H groups in total. The van der Waals surface area contributed by atoms with Crippen LogP contribution in [0.15, 0.2) is 48.5 Å². The first kappa shape index (κ1) is 39.1. The van der Waals surface area contributed by atoms with E-state index in [0.29, 0.717) is 29.8 Å². The van der Waals surface area contributed by atoms with Crippen molar-refractivity contribution in [3.63, 3.8) is 0 Å². The summed E-state index contributed by atoms with van der Waals surface area (Å²) < 4.78 is 10.0. The molecule has 2 aliphatic heterocycles. The van der Waals surface area contributed by atoms with Gasteiger partial charge in [-0.25, -0.2) is 0 Å². The molecule has 0 bridgehead atoms. The summed E-state index contributed by atoms with van der Waals surface area (Å²) in [7, 11) is 0. The number of rotatable bonds is 8. The maximum absolute atomic E-state index is 13.3. The van der Waals surface area contributed by atoms with Gasteiger partial charge in [-0.3, -0.25) is 19.2 Å². The van der Waals surface area contributed by atoms with Crippen LogP contribution < -0.4 is 5.32 Å². The number of nitrogens with zero attached hydrogens (tertiary/aromatic N) is 1. The van der Waals surface area contributed by atoms with Crippen molar-refractivity contribution >= 4 is 57.9 Å². The van der Waals surface area contributed by atoms with E-state index in [1.54, 1.807) is 12.1 Å². The third-order valence-corrected chi connectivity index (χ3v) is 11.1. The molecule has 8 nitrogen and oxygen atoms in total. The van der Waals surface area contributed by atoms with E-state index in [1.807, 2.05) is 55.1 Å². The largest absolute Gasteiger partial charge is 0.466 e. The highest BCUT2D eigenvalue weighted by atomic mass is 35.5. The van der Waals surface area contributed by atoms with Gasteiger partial charge in [0.1, 0.15) is 0 Å². The number of halogens is 3. The lowest BCUT2D eigenvalue weighted by Crippen LogP contribution is -2.54. The van der Waals surface area contributed by atoms with Crippen molar-refractivity contribution in [3.05, 3.63) is 69.7 Å². The monoisotopic (exact) mass is 734 g/mol. The van der Waals surface area contributed by atoms with E-state index in [1.165, 1.54) is 0 Å². The van der Waals surface area contributed by atoms with Crippen LogP contribution in [0.1, 0.15) is 89.2 Å². The first-order chi connectivity index (χ1) is 23.6. The summed E-state index contributed by atoms with van der Waals surface area (Å²) >= 11 is 17.4. The van der Waals surface area contributed by atoms with Gasteiger partial charge in [0.15, 0.2) is 0 Å². The first-order valence-electron chi connectivity index (χ1n) is 17.6. The van der Waals surface area contributed by atoms with Crippen LogP contribution in [0.5, 0.6) is 0 Å². The molecule has 2 atom stereocenters. The minimum absolute atomic E-state index is 0.0419. The molecule has 0 unspecified atom stereocenters. The second-order valence-electron chi connectivity index (χ2n) is 13.3. The number of likely N-dealkylation sites (tertiary alicyclic amines) is 1. The van der Waals surface area contributed by atoms with Crippen LogP contribution in [0.25, 0.3) is 0 Å². The maximum Gasteiger partial charge on any atom is 0.310 e. The van der Waals surface area contributed by atoms with Crippen molar-refractivity contribution in [2.24, 2.45) is 11.8 Å². The molecular formula is C38H49Cl3N2O6. The second kappa shape index (κ2) is 18.5. The standard InChI is InChI=1S/C19H24ClNO3.C11H10Cl2O.C8H15NO2/c1-2-24-17(22)14-5-3-12-21(13-14)18(23)19(10-4-11-19)15-6-8-16(20)9-7-15;12-9-4-2-8(3-5-9)11(10(13)14)6-1-7-11;1-2-11-8(10)7-4-3-5-9-6-7/h6-9,14H,2-5,10-13H2,1H3;2-5H,1,6-7H2;7,9H,2-6H2,1H3/t14-;;7-/m1.1/s1. The number of ether oxygens (including phenoxy) is 2. The van der Waals surface area contributed by atoms with E-state index in [0.717, 1.165) is 95.0 Å². The van der Waals surface area contributed by atoms with Gasteiger partial charge in [-0.2, -0.15) is 0 Å². The highest BCUT2D eigenvalue weighted by molar-refractivity contribution is 6.65. The average Bonchev–Trinajstić information content (AvgIpc) is 3.06. The second-order valence-corrected chi connectivity index (χ2v) is 14.5. The molecular weight excluding hydrogens is 687 g/mol. The van der Waals surface area contributed by atoms with Gasteiger partial charge < -0.3 is 19.7 Å². The maximum atomic E-state index is 13.3. The number of nitrogens with one attached hydrogen (secondary N) is 1. The Hall–Kier alpha value is -2.65. The molecule has 11 heteroatoms. The summed E-state index contributed by atoms with van der Waals surface area (Å²) in [6, 6.07) is 15.0. The fourth-order valence-corrected chi connectivity index (χ4v) is 7.60. The molecule has 2 heterocycles. The van der Waals surface area contributed by atoms with Gasteiger partial charge in [0, 0.05) is 29.7 Å². The molecule has 2 aromatic carbocycles. The van der Waals surface area contributed by atoms with Crippen LogP contribution in [0.2, 0.25) is 10.0 Å². The third kappa shape index (κ3) is 9.78. The third-order valence-electron chi connectivity index (χ3n) is 10.2. The smallest absolute Gasteiger partial charge is 0.310 e. The molecule has 2 saturated carbocycles. The Morgan fingerprint density at radius 1 is 0.735 bits per heavy atom. The molecule has 2 saturated heterocycles. The van der Waals surface area contributed by atoms with Gasteiger partial charge >= 0.3 is 11.9 Å². The Morgan fingerprint density at radius 3 is 1.65 bits per heavy atom. The number of hydrogen-bond acceptors (Lipinski definition) is 7. The summed E-state index contributed by atoms with van der Waals surface area (Å²) in [5.74, 6) is -0.150. The fourth-order valence-electron chi connectivity index (χ4n) is 7.05. The molecule has 2 aromatic rings. The minimum Gasteiger partial charge on any atom is -0.466 e. The van der Waals surface area contributed by atoms with Gasteiger partial charge in [-0.05, 0) is 119 Å². The van der Waals surface area contributed by atoms with Crippen molar-refractivity contribution in [2.45, 2.75) is 88.9 Å². The number of benzene rings is 2. The molecule has 4 fully saturated rings. The minimum atomic E-state index is -0.429. The SMILES string of the molecule is CCOC(=O)[C@@H]1CCCN(C(=O)C2(c3ccc(Cl)cc3)CCC2)C1.CCOC(=O)[C@@H]1CCCNC1.O=C(Cl)C1(c2ccc(Cl)cc2)CCC1. The van der Waals surface area contributed by atoms with E-state index in [4.69, 9.17) is 44.3 Å². The number of esters is 2. The van der Waals surface area contributed by atoms with Crippen LogP contribution in [-0.2, 0) is 39.5 Å². The number of carbonyl (C=O) groups excluding carboxylic acids is 4. The van der Waals surface area contributed by atoms with Gasteiger partial charge in [0.05, 0.1) is 35.9 Å². The molecule has 0 radical (unpaired) electrons. The van der Waals surface area contributed by atoms with Gasteiger partial charge in [0.2, 0.25) is 11.1 Å². The van der Waals surface area contributed by atoms with E-state index < -0.39 is 10.8 Å². The average molecular weight is 736 g/mol. The Kier molecular flexibility index (Phi) is 14.8. The quantitative estimate of drug-likeness (QED) is 0.220. The molecule has 0 aromatic heterocycles. The predicted molar refractivity (Wildman–Crippen MR) is 193 cm³/mol. The van der Waals surface area contributed by atoms with Crippen LogP contribution in [-0.4, -0.2) is 67.4 Å². The summed E-state index contributed by atoms with van der Waals surface area (Å²) in [5.41, 5.74) is 1.18. The molecule has 1 amide bonds. The summed E-state index contributed by atoms with van der Waals surface area (Å²) in [5, 5.41) is 4.30. The number of hydrogen-bond donors (Lipinski definition) is 1. The van der Waals surface area contributed by atoms with Crippen molar-refractivity contribution in [2.75, 3.05) is 39.4 Å². The number of carbonyl (C=O) groups is 4. The topological polar surface area (TPSA) is 102 Å². The van der Waals surface area contributed by atoms with E-state index >= 15 is 0 Å². The lowest BCUT2D eigenvalue weighted by Gasteiger charge is -2.45. The van der Waals surface area contributed by atoms with Crippen molar-refractivity contribution < 1.29 is 28.7 Å². The van der Waals surface area contributed by atoms with Crippen LogP contribution >= 0.6 is 34.8 Å². The van der Waals surface area contributed by atoms with E-state index in [9.17, 15) is 19.2 Å². The summed E-state index contributed by atoms with van der Waals surface area (Å²) in [6.07, 6.45) is 9.30. The molecule has 4 aliphatic rings. The van der Waals surface area contributed by atoms with Crippen molar-refractivity contribution in [3.8, 4) is 0 Å². The van der Waals surface area contributed by atoms with Gasteiger partial charge in [-0.1, -0.05) is 60.3 Å². The van der Waals surface area contributed by atoms with Crippen LogP contribution in [0.4, 0.5) is 0 Å². The van der Waals surface area contributed by atoms with E-state index in [-0.39, 0.29) is 34.9 Å². The Balaban J connectivity index is 0.000000183. The number of piperidine rings is 2. The fraction of sp³-hybridized carbons (Fsp3) is 0.579. The number of amides is 1. The summed E-state index contributed by atoms with van der Waals surface area (Å²) in [4.78, 5) is 49.7. The molecule has 6 rings (SSSR count). The van der Waals surface area contributed by atoms with Crippen molar-refractivity contribution in [1.82, 2.24) is 10.2 Å². The molecule has 268 valence electrons. The molecule has 2 aliphatic carbocycles. The predicted octanol–water partition coefficient (Wildman–Crippen LogP) is 7.64. The van der Waals surface area contributed by atoms with Gasteiger partial charge in [0.25, 0.3) is 0 Å². The van der Waals surface area contributed by atoms with Crippen molar-refractivity contribution in [1.29, 1.82) is 0 Å². The highest BCUT2D eigenvalue weighted by Gasteiger charge is 2.48. The normalized spacial score (nSPS) is 21.9. The van der Waals surface area contributed by atoms with Gasteiger partial charge in [-0.15, -0.1) is 0 Å². The first-order valence-corrected chi connectivity index (χ1v) is 18.7. The molecule has 0 spiro atoms. The van der Waals surface area contributed by atoms with Crippen LogP contribution in [0, 0.1) is 11.8 Å². The zero-order valence-electron chi connectivity index (χ0n) is 28.6. The van der Waals surface area contributed by atoms with E-state index in [2.05, 4.69) is 5.32 Å². The molecule has 49 heavy (non-hydrogen) atoms. The lowest BCUT2D eigenvalue weighted by atomic mass is 9.63. The lowest BCUT2D eigenvalue weighted by molar-refractivity contribution is -0.153.